The van der Waals surface area contributed by atoms with Gasteiger partial charge in [-0.3, -0.25) is 0 Å². The molecule has 1 heterocycles. The number of nitrogen functional groups attached to an aromatic ring is 1. The maximum atomic E-state index is 12.8. The van der Waals surface area contributed by atoms with Crippen molar-refractivity contribution in [3.05, 3.63) is 22.7 Å². The quantitative estimate of drug-likeness (QED) is 0.845. The Kier molecular flexibility index (Phi) is 4.59. The number of nitrogens with two attached hydrogens (primary N) is 1. The highest BCUT2D eigenvalue weighted by molar-refractivity contribution is 8.00. The minimum atomic E-state index is -3.52. The van der Waals surface area contributed by atoms with Gasteiger partial charge in [-0.25, -0.2) is 8.42 Å². The molecule has 0 amide bonds. The van der Waals surface area contributed by atoms with Gasteiger partial charge in [0.05, 0.1) is 15.6 Å². The predicted octanol–water partition coefficient (Wildman–Crippen LogP) is 2.75. The van der Waals surface area contributed by atoms with Crippen LogP contribution in [0.1, 0.15) is 19.4 Å². The van der Waals surface area contributed by atoms with E-state index in [1.54, 1.807) is 17.3 Å². The number of anilines is 1. The van der Waals surface area contributed by atoms with Crippen LogP contribution in [0.5, 0.6) is 0 Å². The molecule has 7 heteroatoms. The first-order valence-corrected chi connectivity index (χ1v) is 9.19. The standard InChI is InChI=1S/C13H19ClN2O2S2/c1-8-4-11(14)12(15)5-13(8)20(17,18)16-6-9(2)19-10(3)7-16/h4-5,9-10H,6-7,15H2,1-3H3. The fourth-order valence-electron chi connectivity index (χ4n) is 2.41. The highest BCUT2D eigenvalue weighted by Gasteiger charge is 2.33. The van der Waals surface area contributed by atoms with Gasteiger partial charge in [-0.1, -0.05) is 25.4 Å². The van der Waals surface area contributed by atoms with Crippen molar-refractivity contribution in [3.8, 4) is 0 Å². The second-order valence-corrected chi connectivity index (χ2v) is 9.41. The van der Waals surface area contributed by atoms with Crippen LogP contribution in [-0.2, 0) is 10.0 Å². The zero-order valence-electron chi connectivity index (χ0n) is 11.8. The Labute approximate surface area is 129 Å². The van der Waals surface area contributed by atoms with Gasteiger partial charge in [-0.15, -0.1) is 0 Å². The Morgan fingerprint density at radius 1 is 1.30 bits per heavy atom. The van der Waals surface area contributed by atoms with Gasteiger partial charge >= 0.3 is 0 Å². The summed E-state index contributed by atoms with van der Waals surface area (Å²) in [7, 11) is -3.52. The molecular weight excluding hydrogens is 316 g/mol. The number of thioether (sulfide) groups is 1. The summed E-state index contributed by atoms with van der Waals surface area (Å²) in [6, 6.07) is 3.07. The highest BCUT2D eigenvalue weighted by atomic mass is 35.5. The van der Waals surface area contributed by atoms with Crippen LogP contribution in [0.15, 0.2) is 17.0 Å². The van der Waals surface area contributed by atoms with Crippen molar-refractivity contribution in [1.29, 1.82) is 0 Å². The van der Waals surface area contributed by atoms with Crippen LogP contribution >= 0.6 is 23.4 Å². The Bertz CT molecular complexity index is 609. The van der Waals surface area contributed by atoms with E-state index in [2.05, 4.69) is 0 Å². The zero-order valence-corrected chi connectivity index (χ0v) is 14.1. The predicted molar refractivity (Wildman–Crippen MR) is 85.9 cm³/mol. The van der Waals surface area contributed by atoms with Gasteiger partial charge in [-0.2, -0.15) is 16.1 Å². The molecule has 2 unspecified atom stereocenters. The molecule has 0 aromatic heterocycles. The third-order valence-corrected chi connectivity index (χ3v) is 6.83. The van der Waals surface area contributed by atoms with E-state index in [0.717, 1.165) is 0 Å². The normalized spacial score (nSPS) is 24.8. The van der Waals surface area contributed by atoms with Crippen molar-refractivity contribution in [3.63, 3.8) is 0 Å². The first-order chi connectivity index (χ1) is 9.21. The second-order valence-electron chi connectivity index (χ2n) is 5.22. The smallest absolute Gasteiger partial charge is 0.243 e. The van der Waals surface area contributed by atoms with Crippen molar-refractivity contribution in [2.75, 3.05) is 18.8 Å². The van der Waals surface area contributed by atoms with E-state index >= 15 is 0 Å². The molecule has 0 radical (unpaired) electrons. The highest BCUT2D eigenvalue weighted by Crippen LogP contribution is 2.32. The average Bonchev–Trinajstić information content (AvgIpc) is 2.32. The number of halogens is 1. The molecule has 0 bridgehead atoms. The van der Waals surface area contributed by atoms with Crippen molar-refractivity contribution in [1.82, 2.24) is 4.31 Å². The summed E-state index contributed by atoms with van der Waals surface area (Å²) < 4.78 is 27.1. The van der Waals surface area contributed by atoms with E-state index in [1.165, 1.54) is 6.07 Å². The molecule has 112 valence electrons. The molecule has 2 rings (SSSR count). The van der Waals surface area contributed by atoms with Gasteiger partial charge < -0.3 is 5.73 Å². The third-order valence-electron chi connectivity index (χ3n) is 3.30. The molecule has 0 saturated carbocycles. The summed E-state index contributed by atoms with van der Waals surface area (Å²) >= 11 is 7.75. The summed E-state index contributed by atoms with van der Waals surface area (Å²) in [6.07, 6.45) is 0. The number of nitrogens with zero attached hydrogens (tertiary/aromatic N) is 1. The molecule has 2 atom stereocenters. The van der Waals surface area contributed by atoms with Gasteiger partial charge in [0.1, 0.15) is 0 Å². The van der Waals surface area contributed by atoms with Crippen molar-refractivity contribution in [2.24, 2.45) is 0 Å². The lowest BCUT2D eigenvalue weighted by Gasteiger charge is -2.34. The third kappa shape index (κ3) is 3.08. The van der Waals surface area contributed by atoms with E-state index in [9.17, 15) is 8.42 Å². The minimum Gasteiger partial charge on any atom is -0.397 e. The number of hydrogen-bond donors (Lipinski definition) is 1. The van der Waals surface area contributed by atoms with Crippen LogP contribution in [0.25, 0.3) is 0 Å². The molecule has 2 N–H and O–H groups in total. The van der Waals surface area contributed by atoms with E-state index in [-0.39, 0.29) is 4.90 Å². The Morgan fingerprint density at radius 3 is 2.40 bits per heavy atom. The van der Waals surface area contributed by atoms with E-state index in [0.29, 0.717) is 39.9 Å². The Hall–Kier alpha value is -0.430. The van der Waals surface area contributed by atoms with Gasteiger partial charge in [-0.05, 0) is 24.6 Å². The van der Waals surface area contributed by atoms with Gasteiger partial charge in [0.15, 0.2) is 0 Å². The fraction of sp³-hybridized carbons (Fsp3) is 0.538. The largest absolute Gasteiger partial charge is 0.397 e. The maximum absolute atomic E-state index is 12.8. The lowest BCUT2D eigenvalue weighted by molar-refractivity contribution is 0.404. The van der Waals surface area contributed by atoms with Crippen LogP contribution in [0.3, 0.4) is 0 Å². The van der Waals surface area contributed by atoms with Crippen LogP contribution in [0.4, 0.5) is 5.69 Å². The van der Waals surface area contributed by atoms with E-state index < -0.39 is 10.0 Å². The van der Waals surface area contributed by atoms with Crippen molar-refractivity contribution >= 4 is 39.1 Å². The molecular formula is C13H19ClN2O2S2. The summed E-state index contributed by atoms with van der Waals surface area (Å²) in [4.78, 5) is 0.255. The maximum Gasteiger partial charge on any atom is 0.243 e. The molecule has 1 fully saturated rings. The topological polar surface area (TPSA) is 63.4 Å². The van der Waals surface area contributed by atoms with E-state index in [1.807, 2.05) is 25.6 Å². The lowest BCUT2D eigenvalue weighted by atomic mass is 10.2. The van der Waals surface area contributed by atoms with Gasteiger partial charge in [0, 0.05) is 23.6 Å². The average molecular weight is 335 g/mol. The number of sulfonamides is 1. The monoisotopic (exact) mass is 334 g/mol. The minimum absolute atomic E-state index is 0.255. The van der Waals surface area contributed by atoms with Crippen LogP contribution < -0.4 is 5.73 Å². The molecule has 0 aliphatic carbocycles. The van der Waals surface area contributed by atoms with Crippen molar-refractivity contribution < 1.29 is 8.42 Å². The molecule has 0 spiro atoms. The SMILES string of the molecule is Cc1cc(Cl)c(N)cc1S(=O)(=O)N1CC(C)SC(C)C1. The van der Waals surface area contributed by atoms with Crippen LogP contribution in [0, 0.1) is 6.92 Å². The molecule has 1 aliphatic heterocycles. The van der Waals surface area contributed by atoms with E-state index in [4.69, 9.17) is 17.3 Å². The fourth-order valence-corrected chi connectivity index (χ4v) is 6.00. The first-order valence-electron chi connectivity index (χ1n) is 6.43. The van der Waals surface area contributed by atoms with Gasteiger partial charge in [0.25, 0.3) is 0 Å². The zero-order chi connectivity index (χ0) is 15.1. The molecule has 20 heavy (non-hydrogen) atoms. The molecule has 4 nitrogen and oxygen atoms in total. The summed E-state index contributed by atoms with van der Waals surface area (Å²) in [5.74, 6) is 0. The van der Waals surface area contributed by atoms with Crippen molar-refractivity contribution in [2.45, 2.75) is 36.2 Å². The summed E-state index contributed by atoms with van der Waals surface area (Å²) in [5, 5.41) is 0.967. The molecule has 1 aromatic rings. The summed E-state index contributed by atoms with van der Waals surface area (Å²) in [5.41, 5.74) is 6.67. The summed E-state index contributed by atoms with van der Waals surface area (Å²) in [6.45, 7) is 6.89. The Balaban J connectivity index is 2.42. The number of aryl methyl sites for hydroxylation is 1. The lowest BCUT2D eigenvalue weighted by Crippen LogP contribution is -2.44. The molecule has 1 aromatic carbocycles. The van der Waals surface area contributed by atoms with Gasteiger partial charge in [0.2, 0.25) is 10.0 Å². The second kappa shape index (κ2) is 5.75. The number of benzene rings is 1. The molecule has 1 saturated heterocycles. The Morgan fingerprint density at radius 2 is 1.85 bits per heavy atom. The van der Waals surface area contributed by atoms with Crippen LogP contribution in [-0.4, -0.2) is 36.3 Å². The number of hydrogen-bond acceptors (Lipinski definition) is 4. The van der Waals surface area contributed by atoms with Crippen LogP contribution in [0.2, 0.25) is 5.02 Å². The number of rotatable bonds is 2. The molecule has 1 aliphatic rings. The first kappa shape index (κ1) is 15.9.